The van der Waals surface area contributed by atoms with E-state index in [4.69, 9.17) is 11.6 Å². The van der Waals surface area contributed by atoms with Crippen LogP contribution in [0.5, 0.6) is 0 Å². The molecule has 0 saturated carbocycles. The molecule has 0 aliphatic rings. The molecule has 0 aliphatic heterocycles. The number of hydrogen-bond donors (Lipinski definition) is 0. The van der Waals surface area contributed by atoms with Crippen LogP contribution in [0.2, 0.25) is 5.15 Å². The number of halogens is 2. The summed E-state index contributed by atoms with van der Waals surface area (Å²) in [6.07, 6.45) is 1.70. The van der Waals surface area contributed by atoms with Crippen LogP contribution in [0.25, 0.3) is 0 Å². The minimum absolute atomic E-state index is 0.588. The van der Waals surface area contributed by atoms with Gasteiger partial charge in [0.1, 0.15) is 5.15 Å². The Kier molecular flexibility index (Phi) is 4.27. The minimum atomic E-state index is 0.588. The van der Waals surface area contributed by atoms with Gasteiger partial charge >= 0.3 is 0 Å². The summed E-state index contributed by atoms with van der Waals surface area (Å²) in [5.41, 5.74) is 1.06. The van der Waals surface area contributed by atoms with E-state index in [1.807, 2.05) is 24.3 Å². The second kappa shape index (κ2) is 5.71. The lowest BCUT2D eigenvalue weighted by Crippen LogP contribution is -1.85. The molecule has 1 aromatic heterocycles. The molecule has 82 valence electrons. The summed E-state index contributed by atoms with van der Waals surface area (Å²) in [7, 11) is 0. The van der Waals surface area contributed by atoms with Gasteiger partial charge in [-0.1, -0.05) is 39.7 Å². The van der Waals surface area contributed by atoms with Crippen LogP contribution >= 0.6 is 39.3 Å². The quantitative estimate of drug-likeness (QED) is 0.597. The van der Waals surface area contributed by atoms with E-state index in [1.165, 1.54) is 4.90 Å². The summed E-state index contributed by atoms with van der Waals surface area (Å²) < 4.78 is 1.09. The fourth-order valence-corrected chi connectivity index (χ4v) is 3.00. The first-order chi connectivity index (χ1) is 7.75. The van der Waals surface area contributed by atoms with E-state index in [0.29, 0.717) is 5.15 Å². The maximum atomic E-state index is 5.99. The number of aromatic nitrogens is 1. The van der Waals surface area contributed by atoms with Crippen LogP contribution in [0.4, 0.5) is 0 Å². The summed E-state index contributed by atoms with van der Waals surface area (Å²) in [6.45, 7) is 0. The van der Waals surface area contributed by atoms with Gasteiger partial charge in [0.05, 0.1) is 0 Å². The lowest BCUT2D eigenvalue weighted by molar-refractivity contribution is 1.25. The van der Waals surface area contributed by atoms with Gasteiger partial charge in [0.15, 0.2) is 0 Å². The normalized spacial score (nSPS) is 10.4. The van der Waals surface area contributed by atoms with E-state index in [-0.39, 0.29) is 0 Å². The molecule has 0 atom stereocenters. The molecule has 0 spiro atoms. The number of thioether (sulfide) groups is 1. The lowest BCUT2D eigenvalue weighted by atomic mass is 10.3. The maximum absolute atomic E-state index is 5.99. The van der Waals surface area contributed by atoms with E-state index < -0.39 is 0 Å². The van der Waals surface area contributed by atoms with Crippen LogP contribution in [0.1, 0.15) is 5.56 Å². The molecule has 0 saturated heterocycles. The van der Waals surface area contributed by atoms with Crippen molar-refractivity contribution in [3.63, 3.8) is 0 Å². The Morgan fingerprint density at radius 2 is 2.12 bits per heavy atom. The monoisotopic (exact) mass is 313 g/mol. The zero-order valence-electron chi connectivity index (χ0n) is 8.36. The predicted octanol–water partition coefficient (Wildman–Crippen LogP) is 4.79. The van der Waals surface area contributed by atoms with Crippen molar-refractivity contribution in [1.29, 1.82) is 0 Å². The van der Waals surface area contributed by atoms with E-state index in [2.05, 4.69) is 33.0 Å². The highest BCUT2D eigenvalue weighted by Crippen LogP contribution is 2.27. The average Bonchev–Trinajstić information content (AvgIpc) is 2.28. The molecule has 0 bridgehead atoms. The Hall–Kier alpha value is -0.510. The smallest absolute Gasteiger partial charge is 0.133 e. The van der Waals surface area contributed by atoms with Crippen molar-refractivity contribution in [2.45, 2.75) is 10.6 Å². The van der Waals surface area contributed by atoms with E-state index >= 15 is 0 Å². The minimum Gasteiger partial charge on any atom is -0.244 e. The molecule has 1 aromatic carbocycles. The zero-order valence-corrected chi connectivity index (χ0v) is 11.5. The average molecular weight is 315 g/mol. The first-order valence-corrected chi connectivity index (χ1v) is 6.89. The third-order valence-corrected chi connectivity index (χ3v) is 3.90. The predicted molar refractivity (Wildman–Crippen MR) is 73.0 cm³/mol. The highest BCUT2D eigenvalue weighted by molar-refractivity contribution is 9.10. The molecule has 0 radical (unpaired) electrons. The van der Waals surface area contributed by atoms with Crippen LogP contribution in [0.15, 0.2) is 52.0 Å². The second-order valence-corrected chi connectivity index (χ2v) is 5.52. The molecular formula is C12H9BrClNS. The van der Waals surface area contributed by atoms with Crippen molar-refractivity contribution in [1.82, 2.24) is 4.98 Å². The molecule has 1 nitrogen and oxygen atoms in total. The lowest BCUT2D eigenvalue weighted by Gasteiger charge is -2.03. The van der Waals surface area contributed by atoms with Gasteiger partial charge in [0.2, 0.25) is 0 Å². The third-order valence-electron chi connectivity index (χ3n) is 2.03. The molecule has 0 unspecified atom stereocenters. The van der Waals surface area contributed by atoms with Crippen molar-refractivity contribution in [2.24, 2.45) is 0 Å². The van der Waals surface area contributed by atoms with Crippen molar-refractivity contribution in [3.8, 4) is 0 Å². The molecule has 2 rings (SSSR count). The topological polar surface area (TPSA) is 12.9 Å². The van der Waals surface area contributed by atoms with E-state index in [0.717, 1.165) is 15.8 Å². The Bertz CT molecular complexity index is 490. The molecule has 0 fully saturated rings. The number of rotatable bonds is 3. The van der Waals surface area contributed by atoms with Gasteiger partial charge in [-0.2, -0.15) is 0 Å². The molecule has 1 heterocycles. The summed E-state index contributed by atoms with van der Waals surface area (Å²) >= 11 is 11.2. The van der Waals surface area contributed by atoms with Crippen LogP contribution < -0.4 is 0 Å². The van der Waals surface area contributed by atoms with Crippen molar-refractivity contribution >= 4 is 39.3 Å². The zero-order chi connectivity index (χ0) is 11.4. The summed E-state index contributed by atoms with van der Waals surface area (Å²) in [5.74, 6) is 0.836. The third kappa shape index (κ3) is 3.24. The SMILES string of the molecule is Clc1ncccc1CSc1cccc(Br)c1. The number of nitrogens with zero attached hydrogens (tertiary/aromatic N) is 1. The van der Waals surface area contributed by atoms with Crippen LogP contribution in [0.3, 0.4) is 0 Å². The number of pyridine rings is 1. The first-order valence-electron chi connectivity index (χ1n) is 4.73. The molecule has 16 heavy (non-hydrogen) atoms. The summed E-state index contributed by atoms with van der Waals surface area (Å²) in [6, 6.07) is 12.1. The van der Waals surface area contributed by atoms with Gasteiger partial charge in [0, 0.05) is 21.3 Å². The molecular weight excluding hydrogens is 306 g/mol. The fraction of sp³-hybridized carbons (Fsp3) is 0.0833. The number of benzene rings is 1. The maximum Gasteiger partial charge on any atom is 0.133 e. The van der Waals surface area contributed by atoms with Gasteiger partial charge in [-0.3, -0.25) is 0 Å². The Morgan fingerprint density at radius 3 is 2.88 bits per heavy atom. The Labute approximate surface area is 112 Å². The Morgan fingerprint density at radius 1 is 1.25 bits per heavy atom. The van der Waals surface area contributed by atoms with Gasteiger partial charge in [0.25, 0.3) is 0 Å². The van der Waals surface area contributed by atoms with Crippen molar-refractivity contribution in [2.75, 3.05) is 0 Å². The largest absolute Gasteiger partial charge is 0.244 e. The van der Waals surface area contributed by atoms with Gasteiger partial charge in [-0.25, -0.2) is 4.98 Å². The Balaban J connectivity index is 2.05. The van der Waals surface area contributed by atoms with Crippen molar-refractivity contribution in [3.05, 3.63) is 57.8 Å². The summed E-state index contributed by atoms with van der Waals surface area (Å²) in [4.78, 5) is 5.27. The summed E-state index contributed by atoms with van der Waals surface area (Å²) in [5, 5.41) is 0.588. The van der Waals surface area contributed by atoms with E-state index in [9.17, 15) is 0 Å². The standard InChI is InChI=1S/C12H9BrClNS/c13-10-4-1-5-11(7-10)16-8-9-3-2-6-15-12(9)14/h1-7H,8H2. The molecule has 0 N–H and O–H groups in total. The first kappa shape index (κ1) is 12.0. The highest BCUT2D eigenvalue weighted by Gasteiger charge is 2.01. The molecule has 4 heteroatoms. The van der Waals surface area contributed by atoms with Crippen molar-refractivity contribution < 1.29 is 0 Å². The van der Waals surface area contributed by atoms with Crippen LogP contribution in [-0.4, -0.2) is 4.98 Å². The second-order valence-electron chi connectivity index (χ2n) is 3.20. The number of hydrogen-bond acceptors (Lipinski definition) is 2. The van der Waals surface area contributed by atoms with Gasteiger partial charge in [-0.05, 0) is 29.8 Å². The van der Waals surface area contributed by atoms with Crippen LogP contribution in [-0.2, 0) is 5.75 Å². The molecule has 0 amide bonds. The van der Waals surface area contributed by atoms with E-state index in [1.54, 1.807) is 18.0 Å². The highest BCUT2D eigenvalue weighted by atomic mass is 79.9. The molecule has 2 aromatic rings. The van der Waals surface area contributed by atoms with Gasteiger partial charge < -0.3 is 0 Å². The fourth-order valence-electron chi connectivity index (χ4n) is 1.24. The van der Waals surface area contributed by atoms with Gasteiger partial charge in [-0.15, -0.1) is 11.8 Å². The molecule has 0 aliphatic carbocycles. The van der Waals surface area contributed by atoms with Crippen LogP contribution in [0, 0.1) is 0 Å².